The highest BCUT2D eigenvalue weighted by atomic mass is 35.5. The molecule has 0 amide bonds. The van der Waals surface area contributed by atoms with Crippen molar-refractivity contribution in [2.24, 2.45) is 0 Å². The molecular formula is C18H13ClO4. The van der Waals surface area contributed by atoms with E-state index >= 15 is 0 Å². The van der Waals surface area contributed by atoms with E-state index in [0.29, 0.717) is 11.4 Å². The number of aryl methyl sites for hydroxylation is 1. The number of fused-ring (bicyclic) bond motifs is 1. The first-order valence-electron chi connectivity index (χ1n) is 7.08. The Kier molecular flexibility index (Phi) is 4.17. The van der Waals surface area contributed by atoms with Gasteiger partial charge in [-0.15, -0.1) is 0 Å². The highest BCUT2D eigenvalue weighted by Gasteiger charge is 2.14. The molecule has 1 N–H and O–H groups in total. The molecule has 2 aromatic carbocycles. The maximum absolute atomic E-state index is 12.2. The lowest BCUT2D eigenvalue weighted by molar-refractivity contribution is 0.0956. The van der Waals surface area contributed by atoms with Gasteiger partial charge in [0.05, 0.1) is 0 Å². The van der Waals surface area contributed by atoms with E-state index in [1.165, 1.54) is 6.07 Å². The third kappa shape index (κ3) is 3.27. The minimum absolute atomic E-state index is 0.00191. The Balaban J connectivity index is 1.84. The van der Waals surface area contributed by atoms with Crippen LogP contribution in [0.3, 0.4) is 0 Å². The molecule has 0 fully saturated rings. The smallest absolute Gasteiger partial charge is 0.198 e. The first kappa shape index (κ1) is 15.3. The molecule has 0 saturated carbocycles. The fourth-order valence-corrected chi connectivity index (χ4v) is 2.49. The highest BCUT2D eigenvalue weighted by molar-refractivity contribution is 6.30. The second kappa shape index (κ2) is 6.26. The second-order valence-electron chi connectivity index (χ2n) is 5.17. The van der Waals surface area contributed by atoms with Gasteiger partial charge < -0.3 is 9.52 Å². The number of halogens is 1. The van der Waals surface area contributed by atoms with Crippen molar-refractivity contribution in [1.29, 1.82) is 0 Å². The molecule has 116 valence electrons. The van der Waals surface area contributed by atoms with Gasteiger partial charge in [-0.3, -0.25) is 9.59 Å². The van der Waals surface area contributed by atoms with Gasteiger partial charge in [0.15, 0.2) is 17.0 Å². The largest absolute Gasteiger partial charge is 0.507 e. The van der Waals surface area contributed by atoms with E-state index in [1.54, 1.807) is 24.3 Å². The lowest BCUT2D eigenvalue weighted by Crippen LogP contribution is -2.08. The molecule has 1 heterocycles. The number of hydrogen-bond acceptors (Lipinski definition) is 4. The van der Waals surface area contributed by atoms with Crippen LogP contribution in [0.25, 0.3) is 11.0 Å². The molecule has 3 aromatic rings. The summed E-state index contributed by atoms with van der Waals surface area (Å²) in [5, 5.41) is 10.4. The van der Waals surface area contributed by atoms with Crippen LogP contribution in [-0.2, 0) is 6.42 Å². The number of ketones is 1. The van der Waals surface area contributed by atoms with Crippen molar-refractivity contribution in [3.63, 3.8) is 0 Å². The van der Waals surface area contributed by atoms with Crippen LogP contribution in [-0.4, -0.2) is 10.9 Å². The monoisotopic (exact) mass is 328 g/mol. The molecule has 0 unspecified atom stereocenters. The number of Topliss-reactive ketones (excluding diaryl/α,β-unsaturated/α-hetero) is 1. The van der Waals surface area contributed by atoms with Crippen molar-refractivity contribution in [2.45, 2.75) is 12.8 Å². The molecular weight excluding hydrogens is 316 g/mol. The molecule has 0 aliphatic carbocycles. The number of benzene rings is 2. The number of carbonyl (C=O) groups excluding carboxylic acids is 1. The molecule has 1 aromatic heterocycles. The van der Waals surface area contributed by atoms with Crippen molar-refractivity contribution >= 4 is 28.4 Å². The van der Waals surface area contributed by atoms with Gasteiger partial charge in [0.1, 0.15) is 16.7 Å². The summed E-state index contributed by atoms with van der Waals surface area (Å²) in [6.45, 7) is 0. The van der Waals surface area contributed by atoms with Gasteiger partial charge >= 0.3 is 0 Å². The molecule has 5 heteroatoms. The lowest BCUT2D eigenvalue weighted by Gasteiger charge is -2.04. The third-order valence-electron chi connectivity index (χ3n) is 3.56. The molecule has 0 radical (unpaired) electrons. The molecule has 0 aliphatic rings. The van der Waals surface area contributed by atoms with Crippen molar-refractivity contribution in [2.75, 3.05) is 0 Å². The topological polar surface area (TPSA) is 67.5 Å². The number of phenolic OH excluding ortho intramolecular Hbond substituents is 1. The van der Waals surface area contributed by atoms with Gasteiger partial charge in [-0.1, -0.05) is 29.8 Å². The minimum Gasteiger partial charge on any atom is -0.507 e. The summed E-state index contributed by atoms with van der Waals surface area (Å²) in [5.74, 6) is -0.416. The molecule has 0 aliphatic heterocycles. The first-order chi connectivity index (χ1) is 11.0. The Bertz CT molecular complexity index is 926. The summed E-state index contributed by atoms with van der Waals surface area (Å²) in [5.41, 5.74) is 0.745. The van der Waals surface area contributed by atoms with E-state index < -0.39 is 5.43 Å². The van der Waals surface area contributed by atoms with Gasteiger partial charge in [-0.25, -0.2) is 0 Å². The molecule has 3 rings (SSSR count). The Labute approximate surface area is 136 Å². The lowest BCUT2D eigenvalue weighted by atomic mass is 10.1. The molecule has 0 bridgehead atoms. The Morgan fingerprint density at radius 1 is 1.13 bits per heavy atom. The maximum Gasteiger partial charge on any atom is 0.198 e. The number of carbonyl (C=O) groups is 1. The quantitative estimate of drug-likeness (QED) is 0.736. The van der Waals surface area contributed by atoms with E-state index in [9.17, 15) is 14.7 Å². The van der Waals surface area contributed by atoms with Crippen LogP contribution in [0.2, 0.25) is 5.02 Å². The molecule has 4 nitrogen and oxygen atoms in total. The van der Waals surface area contributed by atoms with Crippen LogP contribution in [0.4, 0.5) is 0 Å². The molecule has 0 atom stereocenters. The zero-order chi connectivity index (χ0) is 16.4. The average Bonchev–Trinajstić information content (AvgIpc) is 2.53. The predicted molar refractivity (Wildman–Crippen MR) is 88.3 cm³/mol. The fraction of sp³-hybridized carbons (Fsp3) is 0.111. The van der Waals surface area contributed by atoms with E-state index in [4.69, 9.17) is 16.0 Å². The summed E-state index contributed by atoms with van der Waals surface area (Å²) < 4.78 is 5.46. The summed E-state index contributed by atoms with van der Waals surface area (Å²) in [6.07, 6.45) is 0.743. The van der Waals surface area contributed by atoms with Crippen molar-refractivity contribution in [3.05, 3.63) is 75.1 Å². The number of phenols is 1. The van der Waals surface area contributed by atoms with Crippen LogP contribution in [0, 0.1) is 0 Å². The van der Waals surface area contributed by atoms with E-state index in [0.717, 1.165) is 11.6 Å². The van der Waals surface area contributed by atoms with Gasteiger partial charge in [-0.2, -0.15) is 0 Å². The number of rotatable bonds is 4. The SMILES string of the molecule is O=C(CCc1ccc(Cl)cc1)c1cc(=O)c2c(O)cccc2o1. The predicted octanol–water partition coefficient (Wildman–Crippen LogP) is 3.97. The number of aromatic hydroxyl groups is 1. The van der Waals surface area contributed by atoms with Gasteiger partial charge in [0.25, 0.3) is 0 Å². The maximum atomic E-state index is 12.2. The second-order valence-corrected chi connectivity index (χ2v) is 5.61. The van der Waals surface area contributed by atoms with Crippen LogP contribution in [0.15, 0.2) is 57.7 Å². The summed E-state index contributed by atoms with van der Waals surface area (Å²) in [6, 6.07) is 12.9. The highest BCUT2D eigenvalue weighted by Crippen LogP contribution is 2.22. The van der Waals surface area contributed by atoms with Gasteiger partial charge in [-0.05, 0) is 36.2 Å². The molecule has 0 spiro atoms. The zero-order valence-corrected chi connectivity index (χ0v) is 12.8. The fourth-order valence-electron chi connectivity index (χ4n) is 2.36. The van der Waals surface area contributed by atoms with Crippen LogP contribution < -0.4 is 5.43 Å². The number of hydrogen-bond donors (Lipinski definition) is 1. The van der Waals surface area contributed by atoms with Crippen LogP contribution >= 0.6 is 11.6 Å². The standard InChI is InChI=1S/C18H13ClO4/c19-12-7-4-11(5-8-12)6-9-13(20)17-10-15(22)18-14(21)2-1-3-16(18)23-17/h1-5,7-8,10,21H,6,9H2. The Hall–Kier alpha value is -2.59. The Morgan fingerprint density at radius 2 is 1.87 bits per heavy atom. The average molecular weight is 329 g/mol. The van der Waals surface area contributed by atoms with E-state index in [1.807, 2.05) is 12.1 Å². The van der Waals surface area contributed by atoms with E-state index in [2.05, 4.69) is 0 Å². The van der Waals surface area contributed by atoms with Crippen molar-refractivity contribution in [1.82, 2.24) is 0 Å². The minimum atomic E-state index is -0.431. The van der Waals surface area contributed by atoms with Crippen LogP contribution in [0.1, 0.15) is 22.5 Å². The third-order valence-corrected chi connectivity index (χ3v) is 3.81. The molecule has 23 heavy (non-hydrogen) atoms. The summed E-state index contributed by atoms with van der Waals surface area (Å²) in [7, 11) is 0. The van der Waals surface area contributed by atoms with Gasteiger partial charge in [0.2, 0.25) is 0 Å². The zero-order valence-electron chi connectivity index (χ0n) is 12.1. The van der Waals surface area contributed by atoms with Crippen molar-refractivity contribution < 1.29 is 14.3 Å². The molecule has 0 saturated heterocycles. The normalized spacial score (nSPS) is 10.8. The summed E-state index contributed by atoms with van der Waals surface area (Å²) in [4.78, 5) is 24.3. The Morgan fingerprint density at radius 3 is 2.61 bits per heavy atom. The first-order valence-corrected chi connectivity index (χ1v) is 7.46. The summed E-state index contributed by atoms with van der Waals surface area (Å²) >= 11 is 5.82. The van der Waals surface area contributed by atoms with Crippen molar-refractivity contribution in [3.8, 4) is 5.75 Å². The van der Waals surface area contributed by atoms with Crippen LogP contribution in [0.5, 0.6) is 5.75 Å². The van der Waals surface area contributed by atoms with E-state index in [-0.39, 0.29) is 34.7 Å². The van der Waals surface area contributed by atoms with Gasteiger partial charge in [0, 0.05) is 17.5 Å².